The van der Waals surface area contributed by atoms with E-state index in [1.165, 1.54) is 18.5 Å². The standard InChI is InChI=1S/C36H45FN4O4Si/c1-8-43-31(42)23-29-22-28(44-46(45-29,35(2,3)4)36(5,6)7)19-21-41-33(25-14-16-27(37)17-15-25)32(30-18-20-38-24-39-30)40-34(41)26-12-10-9-11-13-26/h9-18,20,24,28-29H,8,19,21-23H2,1-7H3/p+1/t28-,29-/m0/s1. The van der Waals surface area contributed by atoms with Crippen LogP contribution in [0.25, 0.3) is 34.0 Å². The van der Waals surface area contributed by atoms with Gasteiger partial charge in [0.15, 0.2) is 11.4 Å². The number of benzene rings is 2. The molecule has 8 nitrogen and oxygen atoms in total. The van der Waals surface area contributed by atoms with E-state index < -0.39 is 8.56 Å². The summed E-state index contributed by atoms with van der Waals surface area (Å²) in [5, 5.41) is -0.514. The molecule has 2 aromatic heterocycles. The molecule has 0 spiro atoms. The first-order chi connectivity index (χ1) is 21.8. The Morgan fingerprint density at radius 3 is 2.26 bits per heavy atom. The van der Waals surface area contributed by atoms with E-state index in [4.69, 9.17) is 13.6 Å². The maximum atomic E-state index is 14.1. The quantitative estimate of drug-likeness (QED) is 0.114. The highest BCUT2D eigenvalue weighted by atomic mass is 28.4. The summed E-state index contributed by atoms with van der Waals surface area (Å²) in [6.45, 7) is 15.8. The van der Waals surface area contributed by atoms with Crippen LogP contribution in [0.5, 0.6) is 0 Å². The Morgan fingerprint density at radius 1 is 0.978 bits per heavy atom. The van der Waals surface area contributed by atoms with E-state index in [0.29, 0.717) is 26.0 Å². The molecule has 0 unspecified atom stereocenters. The van der Waals surface area contributed by atoms with Gasteiger partial charge in [-0.25, -0.2) is 23.9 Å². The van der Waals surface area contributed by atoms with E-state index in [9.17, 15) is 9.18 Å². The van der Waals surface area contributed by atoms with Crippen molar-refractivity contribution in [3.05, 3.63) is 79.0 Å². The lowest BCUT2D eigenvalue weighted by molar-refractivity contribution is -0.675. The molecule has 10 heteroatoms. The molecule has 5 rings (SSSR count). The SMILES string of the molecule is CCOC(=O)C[C@@H]1C[C@H](CC[n+]2c(-c3ccccc3)[nH]c(-c3ccncn3)c2-c2ccc(F)cc2)O[Si](C(C)(C)C)(C(C)(C)C)O1. The fourth-order valence-electron chi connectivity index (χ4n) is 6.77. The zero-order valence-corrected chi connectivity index (χ0v) is 29.0. The molecule has 0 amide bonds. The largest absolute Gasteiger partial charge is 0.466 e. The molecular weight excluding hydrogens is 600 g/mol. The highest BCUT2D eigenvalue weighted by Crippen LogP contribution is 2.55. The Labute approximate surface area is 272 Å². The second-order valence-corrected chi connectivity index (χ2v) is 18.7. The molecule has 46 heavy (non-hydrogen) atoms. The number of aromatic nitrogens is 4. The minimum atomic E-state index is -2.93. The number of hydrogen-bond acceptors (Lipinski definition) is 6. The first-order valence-electron chi connectivity index (χ1n) is 16.1. The van der Waals surface area contributed by atoms with Gasteiger partial charge < -0.3 is 13.6 Å². The van der Waals surface area contributed by atoms with Gasteiger partial charge in [0.2, 0.25) is 0 Å². The van der Waals surface area contributed by atoms with Crippen molar-refractivity contribution >= 4 is 14.5 Å². The molecule has 1 aliphatic heterocycles. The molecule has 4 aromatic rings. The van der Waals surface area contributed by atoms with Crippen LogP contribution in [0.15, 0.2) is 73.2 Å². The van der Waals surface area contributed by atoms with Crippen molar-refractivity contribution in [3.63, 3.8) is 0 Å². The van der Waals surface area contributed by atoms with Gasteiger partial charge in [0.1, 0.15) is 17.8 Å². The Kier molecular flexibility index (Phi) is 9.91. The first kappa shape index (κ1) is 33.6. The van der Waals surface area contributed by atoms with Crippen LogP contribution >= 0.6 is 0 Å². The lowest BCUT2D eigenvalue weighted by Crippen LogP contribution is -2.64. The van der Waals surface area contributed by atoms with E-state index in [-0.39, 0.29) is 40.5 Å². The molecule has 244 valence electrons. The predicted molar refractivity (Wildman–Crippen MR) is 178 cm³/mol. The second-order valence-electron chi connectivity index (χ2n) is 13.9. The number of hydrogen-bond donors (Lipinski definition) is 1. The molecule has 1 fully saturated rings. The predicted octanol–water partition coefficient (Wildman–Crippen LogP) is 7.79. The first-order valence-corrected chi connectivity index (χ1v) is 17.9. The van der Waals surface area contributed by atoms with E-state index in [1.54, 1.807) is 18.3 Å². The third kappa shape index (κ3) is 6.99. The van der Waals surface area contributed by atoms with Crippen molar-refractivity contribution in [2.45, 2.75) is 96.6 Å². The van der Waals surface area contributed by atoms with Gasteiger partial charge in [-0.3, -0.25) is 4.79 Å². The molecule has 1 saturated heterocycles. The minimum Gasteiger partial charge on any atom is -0.466 e. The van der Waals surface area contributed by atoms with E-state index in [1.807, 2.05) is 31.2 Å². The van der Waals surface area contributed by atoms with Crippen molar-refractivity contribution < 1.29 is 27.3 Å². The molecule has 0 radical (unpaired) electrons. The monoisotopic (exact) mass is 645 g/mol. The summed E-state index contributed by atoms with van der Waals surface area (Å²) in [6, 6.07) is 18.6. The van der Waals surface area contributed by atoms with Gasteiger partial charge in [-0.05, 0) is 55.8 Å². The normalized spacial score (nSPS) is 18.3. The Balaban J connectivity index is 1.60. The molecule has 0 saturated carbocycles. The smallest absolute Gasteiger partial charge is 0.349 e. The van der Waals surface area contributed by atoms with Gasteiger partial charge in [-0.15, -0.1) is 0 Å². The fraction of sp³-hybridized carbons (Fsp3) is 0.444. The number of aromatic amines is 1. The second kappa shape index (κ2) is 13.6. The van der Waals surface area contributed by atoms with Crippen LogP contribution in [0.4, 0.5) is 4.39 Å². The number of carbonyl (C=O) groups excluding carboxylic acids is 1. The molecule has 0 bridgehead atoms. The average Bonchev–Trinajstić information content (AvgIpc) is 3.39. The van der Waals surface area contributed by atoms with Crippen LogP contribution in [0.3, 0.4) is 0 Å². The number of rotatable bonds is 9. The van der Waals surface area contributed by atoms with Gasteiger partial charge in [0, 0.05) is 28.3 Å². The zero-order valence-electron chi connectivity index (χ0n) is 28.0. The number of nitrogens with one attached hydrogen (secondary N) is 1. The summed E-state index contributed by atoms with van der Waals surface area (Å²) < 4.78 is 35.8. The van der Waals surface area contributed by atoms with Crippen molar-refractivity contribution in [1.82, 2.24) is 15.0 Å². The van der Waals surface area contributed by atoms with E-state index in [0.717, 1.165) is 34.0 Å². The van der Waals surface area contributed by atoms with E-state index >= 15 is 0 Å². The summed E-state index contributed by atoms with van der Waals surface area (Å²) in [4.78, 5) is 25.0. The van der Waals surface area contributed by atoms with Crippen LogP contribution in [0.2, 0.25) is 10.1 Å². The summed E-state index contributed by atoms with van der Waals surface area (Å²) in [7, 11) is -2.93. The van der Waals surface area contributed by atoms with Crippen molar-refractivity contribution in [2.24, 2.45) is 0 Å². The van der Waals surface area contributed by atoms with Gasteiger partial charge in [0.05, 0.1) is 37.3 Å². The molecule has 0 aliphatic carbocycles. The van der Waals surface area contributed by atoms with Crippen molar-refractivity contribution in [3.8, 4) is 34.0 Å². The molecule has 1 aliphatic rings. The average molecular weight is 646 g/mol. The van der Waals surface area contributed by atoms with Crippen LogP contribution in [0, 0.1) is 5.82 Å². The number of halogens is 1. The Bertz CT molecular complexity index is 1600. The van der Waals surface area contributed by atoms with Gasteiger partial charge >= 0.3 is 14.5 Å². The molecule has 2 atom stereocenters. The number of esters is 1. The number of ether oxygens (including phenoxy) is 1. The maximum Gasteiger partial charge on any atom is 0.349 e. The topological polar surface area (TPSA) is 90.2 Å². The number of H-pyrrole nitrogens is 1. The lowest BCUT2D eigenvalue weighted by Gasteiger charge is -2.55. The van der Waals surface area contributed by atoms with Crippen LogP contribution in [0.1, 0.15) is 67.7 Å². The third-order valence-corrected chi connectivity index (χ3v) is 13.8. The van der Waals surface area contributed by atoms with Gasteiger partial charge in [-0.1, -0.05) is 59.7 Å². The highest BCUT2D eigenvalue weighted by molar-refractivity contribution is 6.73. The number of nitrogens with zero attached hydrogens (tertiary/aromatic N) is 3. The summed E-state index contributed by atoms with van der Waals surface area (Å²) in [6.07, 6.45) is 4.22. The molecule has 2 aromatic carbocycles. The van der Waals surface area contributed by atoms with Crippen LogP contribution < -0.4 is 4.57 Å². The third-order valence-electron chi connectivity index (χ3n) is 8.56. The Morgan fingerprint density at radius 2 is 1.65 bits per heavy atom. The lowest BCUT2D eigenvalue weighted by atomic mass is 10.1. The molecule has 3 heterocycles. The summed E-state index contributed by atoms with van der Waals surface area (Å²) in [5.41, 5.74) is 4.30. The van der Waals surface area contributed by atoms with Gasteiger partial charge in [0.25, 0.3) is 5.82 Å². The zero-order chi connectivity index (χ0) is 33.1. The van der Waals surface area contributed by atoms with Crippen LogP contribution in [-0.2, 0) is 24.9 Å². The fourth-order valence-corrected chi connectivity index (χ4v) is 11.8. The maximum absolute atomic E-state index is 14.1. The minimum absolute atomic E-state index is 0.159. The van der Waals surface area contributed by atoms with Crippen LogP contribution in [-0.4, -0.2) is 48.3 Å². The number of carbonyl (C=O) groups is 1. The van der Waals surface area contributed by atoms with Crippen molar-refractivity contribution in [2.75, 3.05) is 6.61 Å². The number of imidazole rings is 1. The van der Waals surface area contributed by atoms with Gasteiger partial charge in [-0.2, -0.15) is 0 Å². The summed E-state index contributed by atoms with van der Waals surface area (Å²) >= 11 is 0. The molecular formula is C36H46FN4O4Si+. The van der Waals surface area contributed by atoms with E-state index in [2.05, 4.69) is 73.2 Å². The van der Waals surface area contributed by atoms with Crippen molar-refractivity contribution in [1.29, 1.82) is 0 Å². The Hall–Kier alpha value is -3.73. The molecule has 1 N–H and O–H groups in total. The highest BCUT2D eigenvalue weighted by Gasteiger charge is 2.62. The summed E-state index contributed by atoms with van der Waals surface area (Å²) in [5.74, 6) is 0.351.